The average Bonchev–Trinajstić information content (AvgIpc) is 2.71. The highest BCUT2D eigenvalue weighted by molar-refractivity contribution is 7.98. The lowest BCUT2D eigenvalue weighted by Crippen LogP contribution is -2.41. The van der Waals surface area contributed by atoms with Crippen LogP contribution in [0.15, 0.2) is 23.0 Å². The van der Waals surface area contributed by atoms with Gasteiger partial charge in [-0.05, 0) is 40.0 Å². The Morgan fingerprint density at radius 3 is 2.19 bits per heavy atom. The minimum Gasteiger partial charge on any atom is -0.451 e. The zero-order valence-electron chi connectivity index (χ0n) is 16.3. The van der Waals surface area contributed by atoms with Crippen molar-refractivity contribution in [2.45, 2.75) is 63.4 Å². The molecule has 3 rings (SSSR count). The molecular weight excluding hydrogens is 351 g/mol. The molecule has 0 aliphatic carbocycles. The normalized spacial score (nSPS) is 22.9. The summed E-state index contributed by atoms with van der Waals surface area (Å²) >= 11 is 1.48. The van der Waals surface area contributed by atoms with Crippen LogP contribution in [-0.4, -0.2) is 36.3 Å². The molecule has 2 heterocycles. The third-order valence-corrected chi connectivity index (χ3v) is 5.74. The Bertz CT molecular complexity index is 753. The molecule has 5 nitrogen and oxygen atoms in total. The fraction of sp³-hybridized carbons (Fsp3) is 0.526. The summed E-state index contributed by atoms with van der Waals surface area (Å²) in [5.41, 5.74) is 0.462. The Labute approximate surface area is 159 Å². The van der Waals surface area contributed by atoms with Crippen molar-refractivity contribution in [2.75, 3.05) is 6.26 Å². The molecule has 0 radical (unpaired) electrons. The molecule has 0 atom stereocenters. The Hall–Kier alpha value is -1.44. The van der Waals surface area contributed by atoms with Crippen molar-refractivity contribution in [1.82, 2.24) is 0 Å². The number of carbonyl (C=O) groups is 1. The summed E-state index contributed by atoms with van der Waals surface area (Å²) in [6.07, 6.45) is 3.79. The number of rotatable bonds is 3. The van der Waals surface area contributed by atoms with Gasteiger partial charge in [0.1, 0.15) is 11.3 Å². The largest absolute Gasteiger partial charge is 0.487 e. The molecule has 1 fully saturated rings. The number of carbonyl (C=O) groups excluding carboxylic acids is 1. The molecule has 2 aliphatic heterocycles. The molecule has 0 saturated carbocycles. The molecule has 0 bridgehead atoms. The lowest BCUT2D eigenvalue weighted by atomic mass is 9.88. The smallest absolute Gasteiger partial charge is 0.451 e. The first-order valence-electron chi connectivity index (χ1n) is 8.63. The van der Waals surface area contributed by atoms with Gasteiger partial charge in [0.2, 0.25) is 5.79 Å². The SMILES string of the molecule is CSc1ccc(/C=C\B2OC(C)(C)C(C)(C)O2)c2c1C(=O)OC(C)(C)O2. The van der Waals surface area contributed by atoms with Crippen LogP contribution in [0.25, 0.3) is 6.08 Å². The van der Waals surface area contributed by atoms with E-state index in [2.05, 4.69) is 0 Å². The molecule has 1 aromatic rings. The molecule has 1 aromatic carbocycles. The van der Waals surface area contributed by atoms with E-state index >= 15 is 0 Å². The summed E-state index contributed by atoms with van der Waals surface area (Å²) in [4.78, 5) is 13.3. The van der Waals surface area contributed by atoms with Gasteiger partial charge in [0.05, 0.1) is 11.2 Å². The maximum Gasteiger partial charge on any atom is 0.487 e. The van der Waals surface area contributed by atoms with E-state index in [0.717, 1.165) is 10.5 Å². The van der Waals surface area contributed by atoms with Gasteiger partial charge in [0.15, 0.2) is 0 Å². The molecule has 0 unspecified atom stereocenters. The Morgan fingerprint density at radius 2 is 1.62 bits per heavy atom. The van der Waals surface area contributed by atoms with E-state index in [9.17, 15) is 4.79 Å². The third-order valence-electron chi connectivity index (χ3n) is 4.96. The molecular formula is C19H25BO5S. The highest BCUT2D eigenvalue weighted by Gasteiger charge is 2.50. The number of thioether (sulfide) groups is 1. The Morgan fingerprint density at radius 1 is 1.00 bits per heavy atom. The average molecular weight is 376 g/mol. The van der Waals surface area contributed by atoms with Crippen LogP contribution in [0.2, 0.25) is 0 Å². The molecule has 7 heteroatoms. The quantitative estimate of drug-likeness (QED) is 0.445. The lowest BCUT2D eigenvalue weighted by molar-refractivity contribution is -0.128. The van der Waals surface area contributed by atoms with Crippen molar-refractivity contribution < 1.29 is 23.6 Å². The van der Waals surface area contributed by atoms with Crippen molar-refractivity contribution in [3.8, 4) is 5.75 Å². The number of benzene rings is 1. The highest BCUT2D eigenvalue weighted by atomic mass is 32.2. The van der Waals surface area contributed by atoms with E-state index in [1.54, 1.807) is 13.8 Å². The van der Waals surface area contributed by atoms with Gasteiger partial charge >= 0.3 is 13.1 Å². The minimum atomic E-state index is -1.01. The van der Waals surface area contributed by atoms with Crippen molar-refractivity contribution in [2.24, 2.45) is 0 Å². The molecule has 1 saturated heterocycles. The lowest BCUT2D eigenvalue weighted by Gasteiger charge is -2.33. The van der Waals surface area contributed by atoms with Crippen molar-refractivity contribution in [1.29, 1.82) is 0 Å². The first-order valence-corrected chi connectivity index (χ1v) is 9.85. The zero-order valence-corrected chi connectivity index (χ0v) is 17.2. The molecule has 26 heavy (non-hydrogen) atoms. The number of esters is 1. The van der Waals surface area contributed by atoms with Gasteiger partial charge < -0.3 is 18.8 Å². The summed E-state index contributed by atoms with van der Waals surface area (Å²) in [6.45, 7) is 11.5. The second-order valence-corrected chi connectivity index (χ2v) is 8.78. The van der Waals surface area contributed by atoms with Crippen LogP contribution < -0.4 is 4.74 Å². The first kappa shape index (κ1) is 19.3. The maximum atomic E-state index is 12.5. The first-order chi connectivity index (χ1) is 12.0. The number of ether oxygens (including phenoxy) is 2. The van der Waals surface area contributed by atoms with Gasteiger partial charge in [-0.2, -0.15) is 0 Å². The van der Waals surface area contributed by atoms with Gasteiger partial charge in [-0.3, -0.25) is 0 Å². The van der Waals surface area contributed by atoms with Gasteiger partial charge in [-0.15, -0.1) is 11.8 Å². The van der Waals surface area contributed by atoms with Crippen LogP contribution >= 0.6 is 11.8 Å². The Balaban J connectivity index is 1.95. The Kier molecular flexibility index (Phi) is 4.70. The summed E-state index contributed by atoms with van der Waals surface area (Å²) in [6, 6.07) is 3.83. The zero-order chi connectivity index (χ0) is 19.3. The van der Waals surface area contributed by atoms with Crippen LogP contribution in [-0.2, 0) is 14.0 Å². The molecule has 0 spiro atoms. The summed E-state index contributed by atoms with van der Waals surface area (Å²) in [5, 5.41) is 0. The summed E-state index contributed by atoms with van der Waals surface area (Å²) in [5.74, 6) is 1.01. The number of fused-ring (bicyclic) bond motifs is 1. The van der Waals surface area contributed by atoms with Gasteiger partial charge in [0.25, 0.3) is 0 Å². The van der Waals surface area contributed by atoms with Crippen LogP contribution in [0.1, 0.15) is 57.5 Å². The predicted molar refractivity (Wildman–Crippen MR) is 103 cm³/mol. The van der Waals surface area contributed by atoms with Gasteiger partial charge in [-0.1, -0.05) is 18.1 Å². The molecule has 140 valence electrons. The van der Waals surface area contributed by atoms with E-state index in [1.165, 1.54) is 11.8 Å². The van der Waals surface area contributed by atoms with Crippen LogP contribution in [0.3, 0.4) is 0 Å². The van der Waals surface area contributed by atoms with E-state index in [4.69, 9.17) is 18.8 Å². The monoisotopic (exact) mass is 376 g/mol. The van der Waals surface area contributed by atoms with E-state index in [0.29, 0.717) is 11.3 Å². The van der Waals surface area contributed by atoms with Gasteiger partial charge in [0, 0.05) is 24.3 Å². The second-order valence-electron chi connectivity index (χ2n) is 7.94. The molecule has 0 aromatic heterocycles. The molecule has 0 amide bonds. The number of cyclic esters (lactones) is 1. The van der Waals surface area contributed by atoms with E-state index in [-0.39, 0.29) is 5.97 Å². The van der Waals surface area contributed by atoms with Crippen LogP contribution in [0, 0.1) is 0 Å². The fourth-order valence-electron chi connectivity index (χ4n) is 2.88. The van der Waals surface area contributed by atoms with Crippen LogP contribution in [0.4, 0.5) is 0 Å². The van der Waals surface area contributed by atoms with Crippen molar-refractivity contribution in [3.05, 3.63) is 29.2 Å². The highest BCUT2D eigenvalue weighted by Crippen LogP contribution is 2.41. The predicted octanol–water partition coefficient (Wildman–Crippen LogP) is 4.34. The van der Waals surface area contributed by atoms with Crippen molar-refractivity contribution >= 4 is 30.9 Å². The maximum absolute atomic E-state index is 12.5. The second kappa shape index (κ2) is 6.32. The minimum absolute atomic E-state index is 0.369. The summed E-state index contributed by atoms with van der Waals surface area (Å²) < 4.78 is 23.3. The third kappa shape index (κ3) is 3.40. The fourth-order valence-corrected chi connectivity index (χ4v) is 3.46. The van der Waals surface area contributed by atoms with E-state index < -0.39 is 24.1 Å². The number of hydrogen-bond acceptors (Lipinski definition) is 6. The summed E-state index contributed by atoms with van der Waals surface area (Å²) in [7, 11) is -0.459. The number of hydrogen-bond donors (Lipinski definition) is 0. The molecule has 0 N–H and O–H groups in total. The van der Waals surface area contributed by atoms with Crippen molar-refractivity contribution in [3.63, 3.8) is 0 Å². The van der Waals surface area contributed by atoms with E-state index in [1.807, 2.05) is 58.1 Å². The molecule has 2 aliphatic rings. The topological polar surface area (TPSA) is 54.0 Å². The van der Waals surface area contributed by atoms with Crippen LogP contribution in [0.5, 0.6) is 5.75 Å². The standard InChI is InChI=1S/C19H25BO5S/c1-17(2)18(3,4)25-20(24-17)11-10-12-8-9-13(26-7)14-15(12)22-19(5,6)23-16(14)21/h8-11H,1-7H3/b11-10-. The van der Waals surface area contributed by atoms with Gasteiger partial charge in [-0.25, -0.2) is 4.79 Å².